The predicted molar refractivity (Wildman–Crippen MR) is 253 cm³/mol. The van der Waals surface area contributed by atoms with Crippen LogP contribution in [0, 0.1) is 0 Å². The van der Waals surface area contributed by atoms with E-state index in [0.717, 1.165) is 0 Å². The van der Waals surface area contributed by atoms with Gasteiger partial charge in [0.15, 0.2) is 0 Å². The molecule has 0 aromatic heterocycles. The average molecular weight is 979 g/mol. The first-order valence-corrected chi connectivity index (χ1v) is 48.7. The first-order valence-electron chi connectivity index (χ1n) is 25.1. The molecule has 52 heavy (non-hydrogen) atoms. The van der Waals surface area contributed by atoms with Crippen molar-refractivity contribution < 1.29 is 0 Å². The van der Waals surface area contributed by atoms with Gasteiger partial charge in [0.25, 0.3) is 0 Å². The predicted octanol–water partition coefficient (Wildman–Crippen LogP) is 20.0. The summed E-state index contributed by atoms with van der Waals surface area (Å²) in [6, 6.07) is 0. The zero-order valence-electron chi connectivity index (χ0n) is 36.9. The van der Waals surface area contributed by atoms with Crippen molar-refractivity contribution in [2.75, 3.05) is 0 Å². The third-order valence-corrected chi connectivity index (χ3v) is 181. The van der Waals surface area contributed by atoms with Crippen molar-refractivity contribution in [2.45, 2.75) is 302 Å². The summed E-state index contributed by atoms with van der Waals surface area (Å²) in [4.78, 5) is 0. The third-order valence-electron chi connectivity index (χ3n) is 12.4. The van der Waals surface area contributed by atoms with Crippen molar-refractivity contribution in [3.05, 3.63) is 0 Å². The van der Waals surface area contributed by atoms with Gasteiger partial charge in [0.05, 0.1) is 0 Å². The van der Waals surface area contributed by atoms with Gasteiger partial charge in [0.2, 0.25) is 0 Å². The molecule has 312 valence electrons. The van der Waals surface area contributed by atoms with Crippen molar-refractivity contribution in [2.24, 2.45) is 0 Å². The molecule has 0 atom stereocenters. The van der Waals surface area contributed by atoms with Crippen LogP contribution in [0.3, 0.4) is 0 Å². The van der Waals surface area contributed by atoms with E-state index in [2.05, 4.69) is 40.0 Å². The minimum absolute atomic E-state index is 1.38. The topological polar surface area (TPSA) is 0 Å². The second-order valence-corrected chi connectivity index (χ2v) is 85.6. The molecular weight excluding hydrogens is 878 g/mol. The molecule has 0 amide bonds. The molecule has 1 fully saturated rings. The fourth-order valence-corrected chi connectivity index (χ4v) is 249. The molecule has 0 aromatic rings. The standard InChI is InChI=1S/4C12H25.2S.2Sn/c4*1-3-5-7-9-11-12-10-8-6-4-2;;;;/h4*1,3-12H2,2H3;;;;. The van der Waals surface area contributed by atoms with E-state index in [1.54, 1.807) is 69.1 Å². The number of hydrogen-bond acceptors (Lipinski definition) is 2. The summed E-state index contributed by atoms with van der Waals surface area (Å²) < 4.78 is 7.03. The summed E-state index contributed by atoms with van der Waals surface area (Å²) in [6.07, 6.45) is 66.2. The van der Waals surface area contributed by atoms with Crippen LogP contribution < -0.4 is 0 Å². The summed E-state index contributed by atoms with van der Waals surface area (Å²) in [7, 11) is 0. The Balaban J connectivity index is 2.59. The zero-order chi connectivity index (χ0) is 37.5. The van der Waals surface area contributed by atoms with Crippen LogP contribution in [-0.2, 0) is 0 Å². The Morgan fingerprint density at radius 2 is 0.327 bits per heavy atom. The molecule has 0 nitrogen and oxygen atoms in total. The Kier molecular flexibility index (Phi) is 40.3. The molecule has 0 bridgehead atoms. The molecule has 0 spiro atoms. The second-order valence-electron chi connectivity index (χ2n) is 17.8. The first kappa shape index (κ1) is 52.3. The first-order chi connectivity index (χ1) is 25.7. The van der Waals surface area contributed by atoms with Crippen molar-refractivity contribution >= 4 is 43.5 Å². The molecule has 1 aliphatic rings. The van der Waals surface area contributed by atoms with Crippen molar-refractivity contribution in [1.82, 2.24) is 0 Å². The van der Waals surface area contributed by atoms with Gasteiger partial charge in [0.1, 0.15) is 0 Å². The fraction of sp³-hybridized carbons (Fsp3) is 1.00. The molecule has 1 rings (SSSR count). The Morgan fingerprint density at radius 1 is 0.192 bits per heavy atom. The molecule has 0 saturated carbocycles. The van der Waals surface area contributed by atoms with E-state index in [9.17, 15) is 0 Å². The van der Waals surface area contributed by atoms with Crippen LogP contribution in [0.2, 0.25) is 17.7 Å². The molecule has 4 heteroatoms. The summed E-state index contributed by atoms with van der Waals surface area (Å²) >= 11 is -4.07. The number of rotatable bonds is 44. The Morgan fingerprint density at radius 3 is 0.481 bits per heavy atom. The Bertz CT molecular complexity index is 586. The van der Waals surface area contributed by atoms with Gasteiger partial charge in [-0.25, -0.2) is 0 Å². The summed E-state index contributed by atoms with van der Waals surface area (Å²) in [5.41, 5.74) is 0. The second kappa shape index (κ2) is 40.1. The van der Waals surface area contributed by atoms with Gasteiger partial charge in [-0.3, -0.25) is 0 Å². The Labute approximate surface area is 342 Å². The maximum absolute atomic E-state index is 2.97. The average Bonchev–Trinajstić information content (AvgIpc) is 3.13. The van der Waals surface area contributed by atoms with Crippen LogP contribution in [0.4, 0.5) is 0 Å². The van der Waals surface area contributed by atoms with E-state index in [1.165, 1.54) is 205 Å². The number of unbranched alkanes of at least 4 members (excludes halogenated alkanes) is 36. The van der Waals surface area contributed by atoms with Crippen molar-refractivity contribution in [3.63, 3.8) is 0 Å². The molecule has 0 radical (unpaired) electrons. The normalized spacial score (nSPS) is 15.0. The monoisotopic (exact) mass is 981 g/mol. The van der Waals surface area contributed by atoms with E-state index in [4.69, 9.17) is 0 Å². The van der Waals surface area contributed by atoms with E-state index >= 15 is 0 Å². The van der Waals surface area contributed by atoms with Crippen LogP contribution in [0.5, 0.6) is 0 Å². The third kappa shape index (κ3) is 31.3. The molecule has 1 aliphatic heterocycles. The molecular formula is C48H100S2Sn2. The summed E-state index contributed by atoms with van der Waals surface area (Å²) in [5, 5.41) is 0. The van der Waals surface area contributed by atoms with Crippen LogP contribution in [0.1, 0.15) is 285 Å². The quantitative estimate of drug-likeness (QED) is 0.0441. The molecule has 0 aromatic carbocycles. The van der Waals surface area contributed by atoms with Gasteiger partial charge in [-0.05, 0) is 0 Å². The van der Waals surface area contributed by atoms with Gasteiger partial charge in [-0.2, -0.15) is 0 Å². The molecule has 0 unspecified atom stereocenters. The maximum atomic E-state index is 2.97. The van der Waals surface area contributed by atoms with Crippen LogP contribution in [0.15, 0.2) is 0 Å². The van der Waals surface area contributed by atoms with Gasteiger partial charge in [0, 0.05) is 0 Å². The minimum atomic E-state index is -2.03. The fourth-order valence-electron chi connectivity index (χ4n) is 8.87. The SMILES string of the molecule is CCCCCCCCCCC[CH2][Sn]1([CH2]CCCCCCCCCCC)[S][Sn]([CH2]CCCCCCCCCCC)([CH2]CCCCCCCCCCC)[S]1. The summed E-state index contributed by atoms with van der Waals surface area (Å²) in [6.45, 7) is 9.38. The van der Waals surface area contributed by atoms with E-state index in [0.29, 0.717) is 0 Å². The van der Waals surface area contributed by atoms with E-state index in [-0.39, 0.29) is 0 Å². The van der Waals surface area contributed by atoms with E-state index in [1.807, 2.05) is 0 Å². The van der Waals surface area contributed by atoms with Gasteiger partial charge in [-0.1, -0.05) is 0 Å². The molecule has 1 heterocycles. The van der Waals surface area contributed by atoms with Gasteiger partial charge < -0.3 is 0 Å². The number of hydrogen-bond donors (Lipinski definition) is 0. The van der Waals surface area contributed by atoms with Crippen molar-refractivity contribution in [1.29, 1.82) is 0 Å². The van der Waals surface area contributed by atoms with Crippen molar-refractivity contribution in [3.8, 4) is 0 Å². The Hall–Kier alpha value is 2.30. The molecule has 1 saturated heterocycles. The summed E-state index contributed by atoms with van der Waals surface area (Å²) in [5.74, 6) is 0. The van der Waals surface area contributed by atoms with Crippen LogP contribution in [0.25, 0.3) is 0 Å². The van der Waals surface area contributed by atoms with Gasteiger partial charge in [-0.15, -0.1) is 0 Å². The molecule has 0 aliphatic carbocycles. The van der Waals surface area contributed by atoms with Crippen LogP contribution in [-0.4, -0.2) is 31.2 Å². The zero-order valence-corrected chi connectivity index (χ0v) is 44.3. The van der Waals surface area contributed by atoms with Crippen LogP contribution >= 0.6 is 12.3 Å². The van der Waals surface area contributed by atoms with E-state index < -0.39 is 31.2 Å². The van der Waals surface area contributed by atoms with Gasteiger partial charge >= 0.3 is 346 Å². The molecule has 0 N–H and O–H groups in total.